The van der Waals surface area contributed by atoms with Crippen LogP contribution in [0.15, 0.2) is 36.8 Å². The van der Waals surface area contributed by atoms with Crippen molar-refractivity contribution < 1.29 is 9.90 Å². The molecule has 0 spiro atoms. The lowest BCUT2D eigenvalue weighted by Crippen LogP contribution is -2.22. The highest BCUT2D eigenvalue weighted by Gasteiger charge is 2.06. The Labute approximate surface area is 105 Å². The van der Waals surface area contributed by atoms with Gasteiger partial charge >= 0.3 is 0 Å². The quantitative estimate of drug-likeness (QED) is 0.855. The predicted octanol–water partition coefficient (Wildman–Crippen LogP) is 1.42. The monoisotopic (exact) mass is 243 g/mol. The molecule has 18 heavy (non-hydrogen) atoms. The zero-order valence-corrected chi connectivity index (χ0v) is 9.92. The second-order valence-corrected chi connectivity index (χ2v) is 3.92. The number of rotatable bonds is 3. The first-order valence-corrected chi connectivity index (χ1v) is 5.49. The van der Waals surface area contributed by atoms with Crippen LogP contribution in [0.1, 0.15) is 21.6 Å². The molecule has 2 heterocycles. The largest absolute Gasteiger partial charge is 0.506 e. The van der Waals surface area contributed by atoms with E-state index in [4.69, 9.17) is 0 Å². The van der Waals surface area contributed by atoms with Crippen LogP contribution in [0.4, 0.5) is 0 Å². The predicted molar refractivity (Wildman–Crippen MR) is 66.0 cm³/mol. The first-order valence-electron chi connectivity index (χ1n) is 5.49. The van der Waals surface area contributed by atoms with Gasteiger partial charge in [-0.1, -0.05) is 6.07 Å². The van der Waals surface area contributed by atoms with E-state index in [0.29, 0.717) is 12.1 Å². The zero-order valence-electron chi connectivity index (χ0n) is 9.92. The Kier molecular flexibility index (Phi) is 3.52. The molecule has 0 aliphatic carbocycles. The molecule has 0 radical (unpaired) electrons. The molecular formula is C13H13N3O2. The van der Waals surface area contributed by atoms with Crippen molar-refractivity contribution >= 4 is 5.91 Å². The Hall–Kier alpha value is -2.43. The molecular weight excluding hydrogens is 230 g/mol. The maximum Gasteiger partial charge on any atom is 0.253 e. The molecule has 0 aromatic carbocycles. The van der Waals surface area contributed by atoms with Crippen molar-refractivity contribution in [1.29, 1.82) is 0 Å². The summed E-state index contributed by atoms with van der Waals surface area (Å²) in [5, 5.41) is 12.0. The molecule has 5 heteroatoms. The van der Waals surface area contributed by atoms with Gasteiger partial charge in [-0.15, -0.1) is 0 Å². The average Bonchev–Trinajstić information content (AvgIpc) is 2.38. The van der Waals surface area contributed by atoms with Gasteiger partial charge in [-0.25, -0.2) is 0 Å². The molecule has 5 nitrogen and oxygen atoms in total. The number of amides is 1. The van der Waals surface area contributed by atoms with Gasteiger partial charge < -0.3 is 10.4 Å². The smallest absolute Gasteiger partial charge is 0.253 e. The fraction of sp³-hybridized carbons (Fsp3) is 0.154. The molecule has 0 aliphatic rings. The third-order valence-electron chi connectivity index (χ3n) is 2.41. The molecule has 0 atom stereocenters. The Morgan fingerprint density at radius 2 is 2.17 bits per heavy atom. The van der Waals surface area contributed by atoms with E-state index < -0.39 is 0 Å². The highest BCUT2D eigenvalue weighted by atomic mass is 16.3. The van der Waals surface area contributed by atoms with E-state index >= 15 is 0 Å². The molecule has 1 amide bonds. The topological polar surface area (TPSA) is 75.1 Å². The summed E-state index contributed by atoms with van der Waals surface area (Å²) in [6.07, 6.45) is 4.40. The van der Waals surface area contributed by atoms with Crippen molar-refractivity contribution in [1.82, 2.24) is 15.3 Å². The highest BCUT2D eigenvalue weighted by Crippen LogP contribution is 2.08. The van der Waals surface area contributed by atoms with Gasteiger partial charge in [0.25, 0.3) is 5.91 Å². The Balaban J connectivity index is 1.98. The van der Waals surface area contributed by atoms with Gasteiger partial charge in [0, 0.05) is 24.6 Å². The van der Waals surface area contributed by atoms with Gasteiger partial charge in [-0.05, 0) is 24.6 Å². The van der Waals surface area contributed by atoms with E-state index in [1.807, 2.05) is 19.1 Å². The van der Waals surface area contributed by atoms with Crippen molar-refractivity contribution in [3.63, 3.8) is 0 Å². The van der Waals surface area contributed by atoms with Crippen molar-refractivity contribution in [3.05, 3.63) is 53.6 Å². The SMILES string of the molecule is Cc1ccc(CNC(=O)c2cncc(O)c2)cn1. The minimum atomic E-state index is -0.279. The summed E-state index contributed by atoms with van der Waals surface area (Å²) < 4.78 is 0. The van der Waals surface area contributed by atoms with Crippen LogP contribution < -0.4 is 5.32 Å². The number of carbonyl (C=O) groups excluding carboxylic acids is 1. The van der Waals surface area contributed by atoms with E-state index in [1.165, 1.54) is 18.5 Å². The highest BCUT2D eigenvalue weighted by molar-refractivity contribution is 5.94. The maximum absolute atomic E-state index is 11.8. The molecule has 2 aromatic rings. The van der Waals surface area contributed by atoms with Gasteiger partial charge in [-0.2, -0.15) is 0 Å². The molecule has 92 valence electrons. The second-order valence-electron chi connectivity index (χ2n) is 3.92. The minimum absolute atomic E-state index is 0.0281. The third-order valence-corrected chi connectivity index (χ3v) is 2.41. The summed E-state index contributed by atoms with van der Waals surface area (Å²) in [5.41, 5.74) is 2.18. The summed E-state index contributed by atoms with van der Waals surface area (Å²) in [4.78, 5) is 19.6. The van der Waals surface area contributed by atoms with E-state index in [-0.39, 0.29) is 11.7 Å². The molecule has 0 fully saturated rings. The minimum Gasteiger partial charge on any atom is -0.506 e. The number of aromatic nitrogens is 2. The number of carbonyl (C=O) groups is 1. The van der Waals surface area contributed by atoms with E-state index in [9.17, 15) is 9.90 Å². The summed E-state index contributed by atoms with van der Waals surface area (Å²) >= 11 is 0. The Morgan fingerprint density at radius 1 is 1.33 bits per heavy atom. The van der Waals surface area contributed by atoms with Crippen molar-refractivity contribution in [2.24, 2.45) is 0 Å². The summed E-state index contributed by atoms with van der Waals surface area (Å²) in [6, 6.07) is 5.16. The number of aromatic hydroxyl groups is 1. The lowest BCUT2D eigenvalue weighted by atomic mass is 10.2. The maximum atomic E-state index is 11.8. The molecule has 0 saturated carbocycles. The summed E-state index contributed by atoms with van der Waals surface area (Å²) in [7, 11) is 0. The molecule has 2 N–H and O–H groups in total. The van der Waals surface area contributed by atoms with E-state index in [2.05, 4.69) is 15.3 Å². The van der Waals surface area contributed by atoms with Crippen LogP contribution in [0.5, 0.6) is 5.75 Å². The van der Waals surface area contributed by atoms with E-state index in [0.717, 1.165) is 11.3 Å². The number of nitrogens with zero attached hydrogens (tertiary/aromatic N) is 2. The van der Waals surface area contributed by atoms with Gasteiger partial charge in [0.2, 0.25) is 0 Å². The number of hydrogen-bond donors (Lipinski definition) is 2. The van der Waals surface area contributed by atoms with Crippen LogP contribution >= 0.6 is 0 Å². The first kappa shape index (κ1) is 12.0. The lowest BCUT2D eigenvalue weighted by Gasteiger charge is -2.05. The standard InChI is InChI=1S/C13H13N3O2/c1-9-2-3-10(5-15-9)6-16-13(18)11-4-12(17)8-14-7-11/h2-5,7-8,17H,6H2,1H3,(H,16,18). The molecule has 2 rings (SSSR count). The van der Waals surface area contributed by atoms with Crippen LogP contribution in [0, 0.1) is 6.92 Å². The van der Waals surface area contributed by atoms with Crippen molar-refractivity contribution in [2.75, 3.05) is 0 Å². The van der Waals surface area contributed by atoms with Gasteiger partial charge in [0.15, 0.2) is 0 Å². The van der Waals surface area contributed by atoms with Crippen LogP contribution in [0.3, 0.4) is 0 Å². The van der Waals surface area contributed by atoms with Gasteiger partial charge in [0.1, 0.15) is 5.75 Å². The zero-order chi connectivity index (χ0) is 13.0. The van der Waals surface area contributed by atoms with E-state index in [1.54, 1.807) is 6.20 Å². The molecule has 0 saturated heterocycles. The van der Waals surface area contributed by atoms with Crippen LogP contribution in [-0.2, 0) is 6.54 Å². The van der Waals surface area contributed by atoms with Crippen molar-refractivity contribution in [2.45, 2.75) is 13.5 Å². The van der Waals surface area contributed by atoms with Crippen LogP contribution in [0.25, 0.3) is 0 Å². The Morgan fingerprint density at radius 3 is 2.83 bits per heavy atom. The lowest BCUT2D eigenvalue weighted by molar-refractivity contribution is 0.0950. The van der Waals surface area contributed by atoms with Crippen molar-refractivity contribution in [3.8, 4) is 5.75 Å². The Bertz CT molecular complexity index is 552. The molecule has 0 unspecified atom stereocenters. The normalized spacial score (nSPS) is 10.1. The first-order chi connectivity index (χ1) is 8.65. The summed E-state index contributed by atoms with van der Waals surface area (Å²) in [5.74, 6) is -0.307. The summed E-state index contributed by atoms with van der Waals surface area (Å²) in [6.45, 7) is 2.29. The number of hydrogen-bond acceptors (Lipinski definition) is 4. The fourth-order valence-electron chi connectivity index (χ4n) is 1.44. The van der Waals surface area contributed by atoms with Gasteiger partial charge in [0.05, 0.1) is 11.8 Å². The fourth-order valence-corrected chi connectivity index (χ4v) is 1.44. The second kappa shape index (κ2) is 5.27. The van der Waals surface area contributed by atoms with Crippen LogP contribution in [-0.4, -0.2) is 21.0 Å². The number of nitrogens with one attached hydrogen (secondary N) is 1. The third kappa shape index (κ3) is 3.04. The van der Waals surface area contributed by atoms with Crippen LogP contribution in [0.2, 0.25) is 0 Å². The number of pyridine rings is 2. The van der Waals surface area contributed by atoms with Gasteiger partial charge in [-0.3, -0.25) is 14.8 Å². The molecule has 0 bridgehead atoms. The average molecular weight is 243 g/mol. The number of aryl methyl sites for hydroxylation is 1. The molecule has 0 aliphatic heterocycles. The molecule has 2 aromatic heterocycles.